The number of sulfonamides is 1. The lowest BCUT2D eigenvalue weighted by Gasteiger charge is -2.20. The van der Waals surface area contributed by atoms with Crippen LogP contribution in [0.2, 0.25) is 0 Å². The minimum Gasteiger partial charge on any atom is -0.495 e. The van der Waals surface area contributed by atoms with Gasteiger partial charge in [-0.25, -0.2) is 13.6 Å². The van der Waals surface area contributed by atoms with Gasteiger partial charge < -0.3 is 24.3 Å². The Labute approximate surface area is 193 Å². The van der Waals surface area contributed by atoms with E-state index in [1.165, 1.54) is 26.2 Å². The minimum absolute atomic E-state index is 0.100. The van der Waals surface area contributed by atoms with Crippen molar-refractivity contribution in [3.63, 3.8) is 0 Å². The highest BCUT2D eigenvalue weighted by Crippen LogP contribution is 2.26. The number of nitrogens with two attached hydrogens (primary N) is 1. The van der Waals surface area contributed by atoms with E-state index in [0.29, 0.717) is 23.7 Å². The van der Waals surface area contributed by atoms with Gasteiger partial charge in [-0.05, 0) is 43.2 Å². The molecule has 1 amide bonds. The number of rotatable bonds is 12. The number of primary sulfonamides is 1. The van der Waals surface area contributed by atoms with Gasteiger partial charge >= 0.3 is 5.97 Å². The molecule has 0 aliphatic heterocycles. The number of carbonyl (C=O) groups is 2. The van der Waals surface area contributed by atoms with Crippen molar-refractivity contribution >= 4 is 21.9 Å². The Bertz CT molecular complexity index is 1070. The van der Waals surface area contributed by atoms with Crippen molar-refractivity contribution in [3.8, 4) is 17.2 Å². The van der Waals surface area contributed by atoms with Crippen LogP contribution >= 0.6 is 0 Å². The van der Waals surface area contributed by atoms with Gasteiger partial charge in [0.05, 0.1) is 19.8 Å². The Balaban J connectivity index is 2.12. The van der Waals surface area contributed by atoms with E-state index in [0.717, 1.165) is 0 Å². The lowest BCUT2D eigenvalue weighted by molar-refractivity contribution is -0.142. The average Bonchev–Trinajstić information content (AvgIpc) is 2.76. The summed E-state index contributed by atoms with van der Waals surface area (Å²) < 4.78 is 44.9. The first-order valence-electron chi connectivity index (χ1n) is 10.1. The summed E-state index contributed by atoms with van der Waals surface area (Å²) >= 11 is 0. The van der Waals surface area contributed by atoms with Crippen LogP contribution in [0.4, 0.5) is 0 Å². The normalized spacial score (nSPS) is 11.9. The van der Waals surface area contributed by atoms with Crippen molar-refractivity contribution in [2.24, 2.45) is 5.14 Å². The molecule has 2 aromatic rings. The molecule has 11 heteroatoms. The standard InChI is InChI=1S/C22H28N2O8S/c1-4-30-18-7-5-6-8-19(18)32-14-22(26)24-17(13-31-15(2)25)11-16-9-10-20(29-3)21(12-16)33(23,27)28/h5-10,12,17H,4,11,13-14H2,1-3H3,(H,24,26)(H2,23,27,28)/t17-/m0/s1. The van der Waals surface area contributed by atoms with Gasteiger partial charge in [0.2, 0.25) is 10.0 Å². The van der Waals surface area contributed by atoms with Crippen molar-refractivity contribution < 1.29 is 37.0 Å². The van der Waals surface area contributed by atoms with Crippen LogP contribution in [-0.4, -0.2) is 53.3 Å². The molecule has 180 valence electrons. The molecule has 0 bridgehead atoms. The summed E-state index contributed by atoms with van der Waals surface area (Å²) in [6, 6.07) is 10.8. The molecule has 0 saturated carbocycles. The summed E-state index contributed by atoms with van der Waals surface area (Å²) in [6.07, 6.45) is 0.168. The highest BCUT2D eigenvalue weighted by molar-refractivity contribution is 7.89. The van der Waals surface area contributed by atoms with Gasteiger partial charge in [-0.3, -0.25) is 9.59 Å². The average molecular weight is 481 g/mol. The molecule has 0 spiro atoms. The fourth-order valence-electron chi connectivity index (χ4n) is 2.98. The zero-order valence-electron chi connectivity index (χ0n) is 18.7. The first-order valence-corrected chi connectivity index (χ1v) is 11.7. The van der Waals surface area contributed by atoms with Gasteiger partial charge in [-0.1, -0.05) is 18.2 Å². The van der Waals surface area contributed by atoms with Crippen LogP contribution in [0.1, 0.15) is 19.4 Å². The lowest BCUT2D eigenvalue weighted by atomic mass is 10.1. The molecule has 0 unspecified atom stereocenters. The second-order valence-electron chi connectivity index (χ2n) is 6.97. The summed E-state index contributed by atoms with van der Waals surface area (Å²) in [5, 5.41) is 8.00. The van der Waals surface area contributed by atoms with E-state index in [1.807, 2.05) is 6.92 Å². The first kappa shape index (κ1) is 25.9. The Morgan fingerprint density at radius 2 is 1.73 bits per heavy atom. The van der Waals surface area contributed by atoms with Crippen LogP contribution in [0.25, 0.3) is 0 Å². The van der Waals surface area contributed by atoms with E-state index in [9.17, 15) is 18.0 Å². The summed E-state index contributed by atoms with van der Waals surface area (Å²) in [7, 11) is -2.70. The summed E-state index contributed by atoms with van der Waals surface area (Å²) in [6.45, 7) is 3.11. The number of methoxy groups -OCH3 is 1. The number of hydrogen-bond donors (Lipinski definition) is 2. The second-order valence-corrected chi connectivity index (χ2v) is 8.50. The maximum atomic E-state index is 12.5. The predicted molar refractivity (Wildman–Crippen MR) is 120 cm³/mol. The highest BCUT2D eigenvalue weighted by atomic mass is 32.2. The van der Waals surface area contributed by atoms with Crippen LogP contribution in [-0.2, 0) is 30.8 Å². The van der Waals surface area contributed by atoms with Crippen LogP contribution < -0.4 is 24.7 Å². The monoisotopic (exact) mass is 480 g/mol. The number of ether oxygens (including phenoxy) is 4. The van der Waals surface area contributed by atoms with Crippen molar-refractivity contribution in [1.29, 1.82) is 0 Å². The third kappa shape index (κ3) is 8.28. The Hall–Kier alpha value is -3.31. The van der Waals surface area contributed by atoms with E-state index < -0.39 is 27.9 Å². The van der Waals surface area contributed by atoms with Gasteiger partial charge in [0.25, 0.3) is 5.91 Å². The van der Waals surface area contributed by atoms with Crippen LogP contribution in [0.15, 0.2) is 47.4 Å². The molecule has 0 aliphatic rings. The van der Waals surface area contributed by atoms with Crippen LogP contribution in [0, 0.1) is 0 Å². The number of hydrogen-bond acceptors (Lipinski definition) is 8. The number of esters is 1. The van der Waals surface area contributed by atoms with E-state index in [2.05, 4.69) is 5.32 Å². The maximum absolute atomic E-state index is 12.5. The maximum Gasteiger partial charge on any atom is 0.302 e. The topological polar surface area (TPSA) is 143 Å². The molecule has 0 aromatic heterocycles. The van der Waals surface area contributed by atoms with Crippen LogP contribution in [0.3, 0.4) is 0 Å². The molecule has 0 saturated heterocycles. The number of amides is 1. The molecule has 3 N–H and O–H groups in total. The SMILES string of the molecule is CCOc1ccccc1OCC(=O)N[C@H](COC(C)=O)Cc1ccc(OC)c(S(N)(=O)=O)c1. The second kappa shape index (κ2) is 12.1. The minimum atomic E-state index is -4.03. The molecule has 1 atom stereocenters. The Morgan fingerprint density at radius 1 is 1.06 bits per heavy atom. The van der Waals surface area contributed by atoms with Crippen molar-refractivity contribution in [2.45, 2.75) is 31.2 Å². The van der Waals surface area contributed by atoms with Gasteiger partial charge in [-0.15, -0.1) is 0 Å². The van der Waals surface area contributed by atoms with Gasteiger partial charge in [0.15, 0.2) is 18.1 Å². The fraction of sp³-hybridized carbons (Fsp3) is 0.364. The molecule has 33 heavy (non-hydrogen) atoms. The summed E-state index contributed by atoms with van der Waals surface area (Å²) in [4.78, 5) is 23.6. The number of nitrogens with one attached hydrogen (secondary N) is 1. The van der Waals surface area contributed by atoms with Crippen molar-refractivity contribution in [3.05, 3.63) is 48.0 Å². The lowest BCUT2D eigenvalue weighted by Crippen LogP contribution is -2.42. The smallest absolute Gasteiger partial charge is 0.302 e. The molecular formula is C22H28N2O8S. The van der Waals surface area contributed by atoms with Crippen molar-refractivity contribution in [2.75, 3.05) is 26.9 Å². The third-order valence-electron chi connectivity index (χ3n) is 4.38. The van der Waals surface area contributed by atoms with Gasteiger partial charge in [-0.2, -0.15) is 0 Å². The quantitative estimate of drug-likeness (QED) is 0.434. The van der Waals surface area contributed by atoms with Gasteiger partial charge in [0, 0.05) is 6.92 Å². The first-order chi connectivity index (χ1) is 15.6. The Morgan fingerprint density at radius 3 is 2.30 bits per heavy atom. The summed E-state index contributed by atoms with van der Waals surface area (Å²) in [5.41, 5.74) is 0.542. The van der Waals surface area contributed by atoms with Crippen LogP contribution in [0.5, 0.6) is 17.2 Å². The molecule has 0 radical (unpaired) electrons. The molecule has 10 nitrogen and oxygen atoms in total. The zero-order valence-corrected chi connectivity index (χ0v) is 19.5. The highest BCUT2D eigenvalue weighted by Gasteiger charge is 2.20. The number of para-hydroxylation sites is 2. The molecule has 0 aliphatic carbocycles. The molecule has 2 aromatic carbocycles. The van der Waals surface area contributed by atoms with Crippen molar-refractivity contribution in [1.82, 2.24) is 5.32 Å². The van der Waals surface area contributed by atoms with E-state index in [1.54, 1.807) is 30.3 Å². The fourth-order valence-corrected chi connectivity index (χ4v) is 3.73. The molecule has 0 fully saturated rings. The van der Waals surface area contributed by atoms with Gasteiger partial charge in [0.1, 0.15) is 17.3 Å². The molecule has 0 heterocycles. The molecule has 2 rings (SSSR count). The Kier molecular flexibility index (Phi) is 9.49. The summed E-state index contributed by atoms with van der Waals surface area (Å²) in [5.74, 6) is 0.0509. The number of carbonyl (C=O) groups excluding carboxylic acids is 2. The van der Waals surface area contributed by atoms with E-state index in [-0.39, 0.29) is 30.3 Å². The van der Waals surface area contributed by atoms with E-state index >= 15 is 0 Å². The van der Waals surface area contributed by atoms with E-state index in [4.69, 9.17) is 24.1 Å². The predicted octanol–water partition coefficient (Wildman–Crippen LogP) is 1.41. The number of benzene rings is 2. The third-order valence-corrected chi connectivity index (χ3v) is 5.31. The molecular weight excluding hydrogens is 452 g/mol. The largest absolute Gasteiger partial charge is 0.495 e. The zero-order chi connectivity index (χ0) is 24.4.